The monoisotopic (exact) mass is 491 g/mol. The molecule has 37 heavy (non-hydrogen) atoms. The van der Waals surface area contributed by atoms with Crippen LogP contribution in [0.2, 0.25) is 0 Å². The Morgan fingerprint density at radius 2 is 1.78 bits per heavy atom. The molecule has 0 unspecified atom stereocenters. The van der Waals surface area contributed by atoms with Gasteiger partial charge in [-0.25, -0.2) is 4.98 Å². The Balaban J connectivity index is 1.40. The molecule has 0 bridgehead atoms. The molecule has 10 heteroatoms. The van der Waals surface area contributed by atoms with E-state index < -0.39 is 5.41 Å². The topological polar surface area (TPSA) is 130 Å². The van der Waals surface area contributed by atoms with Crippen LogP contribution in [0.25, 0.3) is 50.1 Å². The SMILES string of the molecule is Cc1cn(-c2cncc3[nH]c(-c4n[nH]c5cnc(-c6cncc(NC(=O)C(C)(C)C)c6)cc45)cc23)cn1. The van der Waals surface area contributed by atoms with Crippen LogP contribution in [-0.2, 0) is 4.79 Å². The lowest BCUT2D eigenvalue weighted by Crippen LogP contribution is -2.27. The number of hydrogen-bond acceptors (Lipinski definition) is 6. The Kier molecular flexibility index (Phi) is 5.11. The summed E-state index contributed by atoms with van der Waals surface area (Å²) in [5.41, 5.74) is 6.83. The molecule has 3 N–H and O–H groups in total. The number of anilines is 1. The zero-order chi connectivity index (χ0) is 25.7. The summed E-state index contributed by atoms with van der Waals surface area (Å²) in [7, 11) is 0. The number of nitrogens with one attached hydrogen (secondary N) is 3. The third-order valence-corrected chi connectivity index (χ3v) is 6.19. The number of rotatable bonds is 4. The Morgan fingerprint density at radius 3 is 2.57 bits per heavy atom. The number of amides is 1. The fourth-order valence-corrected chi connectivity index (χ4v) is 4.17. The number of aromatic amines is 2. The van der Waals surface area contributed by atoms with Crippen molar-refractivity contribution < 1.29 is 4.79 Å². The van der Waals surface area contributed by atoms with E-state index in [2.05, 4.69) is 46.5 Å². The van der Waals surface area contributed by atoms with E-state index in [1.807, 2.05) is 56.8 Å². The summed E-state index contributed by atoms with van der Waals surface area (Å²) >= 11 is 0. The number of imidazole rings is 1. The van der Waals surface area contributed by atoms with E-state index in [1.165, 1.54) is 0 Å². The van der Waals surface area contributed by atoms with Gasteiger partial charge in [-0.15, -0.1) is 0 Å². The molecule has 6 aromatic rings. The number of carbonyl (C=O) groups is 1. The first kappa shape index (κ1) is 22.6. The van der Waals surface area contributed by atoms with Crippen molar-refractivity contribution in [3.05, 3.63) is 67.4 Å². The summed E-state index contributed by atoms with van der Waals surface area (Å²) in [4.78, 5) is 33.5. The standard InChI is InChI=1S/C27H25N9O/c1-15-13-36(14-31-15)24-12-29-10-22-18(24)6-21(33-22)25-19-7-20(30-11-23(19)34-35-25)16-5-17(9-28-8-16)32-26(37)27(2,3)4/h5-14,33H,1-4H3,(H,32,37)(H,34,35). The molecule has 6 rings (SSSR count). The van der Waals surface area contributed by atoms with Gasteiger partial charge >= 0.3 is 0 Å². The number of aryl methyl sites for hydroxylation is 1. The molecule has 184 valence electrons. The predicted octanol–water partition coefficient (Wildman–Crippen LogP) is 5.04. The molecule has 0 fully saturated rings. The van der Waals surface area contributed by atoms with E-state index in [0.29, 0.717) is 5.69 Å². The third-order valence-electron chi connectivity index (χ3n) is 6.19. The molecule has 0 aliphatic heterocycles. The first-order chi connectivity index (χ1) is 17.8. The van der Waals surface area contributed by atoms with Gasteiger partial charge in [0.1, 0.15) is 5.69 Å². The smallest absolute Gasteiger partial charge is 0.229 e. The van der Waals surface area contributed by atoms with Gasteiger partial charge in [0.15, 0.2) is 0 Å². The lowest BCUT2D eigenvalue weighted by molar-refractivity contribution is -0.123. The van der Waals surface area contributed by atoms with Crippen LogP contribution in [0.3, 0.4) is 0 Å². The highest BCUT2D eigenvalue weighted by Crippen LogP contribution is 2.32. The summed E-state index contributed by atoms with van der Waals surface area (Å²) in [6.07, 6.45) is 12.5. The molecular weight excluding hydrogens is 466 g/mol. The van der Waals surface area contributed by atoms with Gasteiger partial charge in [0.05, 0.1) is 70.6 Å². The van der Waals surface area contributed by atoms with Gasteiger partial charge in [0.2, 0.25) is 5.91 Å². The van der Waals surface area contributed by atoms with Crippen molar-refractivity contribution in [3.63, 3.8) is 0 Å². The van der Waals surface area contributed by atoms with Crippen LogP contribution in [0.1, 0.15) is 26.5 Å². The minimum Gasteiger partial charge on any atom is -0.352 e. The first-order valence-electron chi connectivity index (χ1n) is 11.9. The molecular formula is C27H25N9O. The van der Waals surface area contributed by atoms with Gasteiger partial charge < -0.3 is 14.9 Å². The highest BCUT2D eigenvalue weighted by atomic mass is 16.2. The molecule has 10 nitrogen and oxygen atoms in total. The Morgan fingerprint density at radius 1 is 0.946 bits per heavy atom. The van der Waals surface area contributed by atoms with E-state index in [0.717, 1.165) is 55.8 Å². The Bertz CT molecular complexity index is 1780. The molecule has 0 aromatic carbocycles. The maximum absolute atomic E-state index is 12.4. The largest absolute Gasteiger partial charge is 0.352 e. The van der Waals surface area contributed by atoms with Crippen LogP contribution in [0.15, 0.2) is 61.7 Å². The molecule has 1 amide bonds. The van der Waals surface area contributed by atoms with Crippen LogP contribution in [0, 0.1) is 12.3 Å². The predicted molar refractivity (Wildman–Crippen MR) is 142 cm³/mol. The van der Waals surface area contributed by atoms with E-state index >= 15 is 0 Å². The van der Waals surface area contributed by atoms with Crippen molar-refractivity contribution in [2.24, 2.45) is 5.41 Å². The molecule has 0 aliphatic rings. The average Bonchev–Trinajstić information content (AvgIpc) is 3.60. The zero-order valence-corrected chi connectivity index (χ0v) is 20.9. The fourth-order valence-electron chi connectivity index (χ4n) is 4.17. The molecule has 6 heterocycles. The summed E-state index contributed by atoms with van der Waals surface area (Å²) in [5.74, 6) is -0.0782. The minimum absolute atomic E-state index is 0.0782. The number of pyridine rings is 3. The normalized spacial score (nSPS) is 11.9. The van der Waals surface area contributed by atoms with Crippen LogP contribution in [0.4, 0.5) is 5.69 Å². The summed E-state index contributed by atoms with van der Waals surface area (Å²) in [6.45, 7) is 7.57. The number of H-pyrrole nitrogens is 2. The average molecular weight is 492 g/mol. The van der Waals surface area contributed by atoms with Gasteiger partial charge in [0, 0.05) is 34.1 Å². The van der Waals surface area contributed by atoms with E-state index in [-0.39, 0.29) is 5.91 Å². The van der Waals surface area contributed by atoms with Crippen molar-refractivity contribution in [1.82, 2.24) is 39.7 Å². The Labute approximate surface area is 212 Å². The molecule has 0 saturated heterocycles. The fraction of sp³-hybridized carbons (Fsp3) is 0.185. The van der Waals surface area contributed by atoms with Crippen molar-refractivity contribution in [2.75, 3.05) is 5.32 Å². The molecule has 0 atom stereocenters. The molecule has 0 spiro atoms. The lowest BCUT2D eigenvalue weighted by Gasteiger charge is -2.17. The summed E-state index contributed by atoms with van der Waals surface area (Å²) in [5, 5.41) is 12.5. The second-order valence-corrected chi connectivity index (χ2v) is 10.1. The van der Waals surface area contributed by atoms with Crippen LogP contribution in [-0.4, -0.2) is 45.6 Å². The molecule has 0 saturated carbocycles. The van der Waals surface area contributed by atoms with Crippen molar-refractivity contribution >= 4 is 33.4 Å². The minimum atomic E-state index is -0.509. The number of carbonyl (C=O) groups excluding carboxylic acids is 1. The van der Waals surface area contributed by atoms with Crippen LogP contribution < -0.4 is 5.32 Å². The maximum atomic E-state index is 12.4. The van der Waals surface area contributed by atoms with Gasteiger partial charge in [-0.3, -0.25) is 24.8 Å². The van der Waals surface area contributed by atoms with E-state index in [1.54, 1.807) is 31.1 Å². The van der Waals surface area contributed by atoms with Gasteiger partial charge in [0.25, 0.3) is 0 Å². The zero-order valence-electron chi connectivity index (χ0n) is 20.9. The van der Waals surface area contributed by atoms with Crippen LogP contribution >= 0.6 is 0 Å². The first-order valence-corrected chi connectivity index (χ1v) is 11.9. The maximum Gasteiger partial charge on any atom is 0.229 e. The second kappa shape index (κ2) is 8.37. The van der Waals surface area contributed by atoms with Gasteiger partial charge in [-0.2, -0.15) is 5.10 Å². The van der Waals surface area contributed by atoms with E-state index in [4.69, 9.17) is 0 Å². The van der Waals surface area contributed by atoms with Crippen LogP contribution in [0.5, 0.6) is 0 Å². The highest BCUT2D eigenvalue weighted by Gasteiger charge is 2.21. The van der Waals surface area contributed by atoms with Crippen molar-refractivity contribution in [2.45, 2.75) is 27.7 Å². The number of fused-ring (bicyclic) bond motifs is 2. The van der Waals surface area contributed by atoms with E-state index in [9.17, 15) is 4.79 Å². The summed E-state index contributed by atoms with van der Waals surface area (Å²) < 4.78 is 1.96. The number of hydrogen-bond donors (Lipinski definition) is 3. The molecule has 6 aromatic heterocycles. The second-order valence-electron chi connectivity index (χ2n) is 10.1. The molecule has 0 aliphatic carbocycles. The van der Waals surface area contributed by atoms with Crippen molar-refractivity contribution in [1.29, 1.82) is 0 Å². The quantitative estimate of drug-likeness (QED) is 0.317. The lowest BCUT2D eigenvalue weighted by atomic mass is 9.95. The number of nitrogens with zero attached hydrogens (tertiary/aromatic N) is 6. The Hall–Kier alpha value is -4.86. The third kappa shape index (κ3) is 4.12. The van der Waals surface area contributed by atoms with Crippen molar-refractivity contribution in [3.8, 4) is 28.3 Å². The van der Waals surface area contributed by atoms with Gasteiger partial charge in [-0.1, -0.05) is 20.8 Å². The molecule has 0 radical (unpaired) electrons. The highest BCUT2D eigenvalue weighted by molar-refractivity contribution is 5.99. The number of aromatic nitrogens is 8. The summed E-state index contributed by atoms with van der Waals surface area (Å²) in [6, 6.07) is 5.92. The van der Waals surface area contributed by atoms with Gasteiger partial charge in [-0.05, 0) is 25.1 Å².